The van der Waals surface area contributed by atoms with Crippen molar-refractivity contribution in [3.8, 4) is 0 Å². The molecule has 0 heterocycles. The van der Waals surface area contributed by atoms with Crippen LogP contribution in [-0.2, 0) is 0 Å². The van der Waals surface area contributed by atoms with Gasteiger partial charge in [0.15, 0.2) is 0 Å². The highest BCUT2D eigenvalue weighted by Gasteiger charge is 2.92. The minimum Gasteiger partial charge on any atom is -0.244 e. The van der Waals surface area contributed by atoms with E-state index in [1.807, 2.05) is 0 Å². The van der Waals surface area contributed by atoms with Crippen molar-refractivity contribution in [2.75, 3.05) is 0 Å². The molecule has 163 valence electrons. The average molecular weight is 447 g/mol. The lowest BCUT2D eigenvalue weighted by atomic mass is 9.90. The first-order valence-corrected chi connectivity index (χ1v) is 5.86. The van der Waals surface area contributed by atoms with Gasteiger partial charge in [-0.1, -0.05) is 0 Å². The van der Waals surface area contributed by atoms with Gasteiger partial charge in [0.2, 0.25) is 6.17 Å². The van der Waals surface area contributed by atoms with Crippen molar-refractivity contribution in [2.45, 2.75) is 54.3 Å². The number of hydrogen-bond acceptors (Lipinski definition) is 0. The maximum Gasteiger partial charge on any atom is 0.460 e. The van der Waals surface area contributed by atoms with Crippen molar-refractivity contribution in [1.29, 1.82) is 0 Å². The zero-order chi connectivity index (χ0) is 22.5. The van der Waals surface area contributed by atoms with Gasteiger partial charge in [-0.15, -0.1) is 0 Å². The lowest BCUT2D eigenvalue weighted by Crippen LogP contribution is -2.72. The van der Waals surface area contributed by atoms with Crippen LogP contribution in [0.1, 0.15) is 6.42 Å². The van der Waals surface area contributed by atoms with Crippen LogP contribution in [0.25, 0.3) is 0 Å². The Bertz CT molecular complexity index is 514. The molecule has 1 unspecified atom stereocenters. The van der Waals surface area contributed by atoms with E-state index in [0.29, 0.717) is 0 Å². The van der Waals surface area contributed by atoms with Gasteiger partial charge in [0.1, 0.15) is 6.67 Å². The normalized spacial score (nSPS) is 17.2. The van der Waals surface area contributed by atoms with Crippen LogP contribution in [0.2, 0.25) is 0 Å². The topological polar surface area (TPSA) is 0 Å². The highest BCUT2D eigenvalue weighted by Crippen LogP contribution is 2.61. The van der Waals surface area contributed by atoms with E-state index >= 15 is 0 Å². The fourth-order valence-electron chi connectivity index (χ4n) is 1.41. The molecule has 0 rings (SSSR count). The number of halogens is 17. The van der Waals surface area contributed by atoms with Crippen LogP contribution in [0.15, 0.2) is 0 Å². The average Bonchev–Trinajstić information content (AvgIpc) is 2.44. The van der Waals surface area contributed by atoms with E-state index in [2.05, 4.69) is 0 Å². The first-order chi connectivity index (χ1) is 11.5. The predicted octanol–water partition coefficient (Wildman–Crippen LogP) is 6.22. The summed E-state index contributed by atoms with van der Waals surface area (Å²) >= 11 is 0. The molecule has 1 atom stereocenters. The Morgan fingerprint density at radius 1 is 0.556 bits per heavy atom. The zero-order valence-corrected chi connectivity index (χ0v) is 11.8. The Morgan fingerprint density at radius 2 is 0.889 bits per heavy atom. The summed E-state index contributed by atoms with van der Waals surface area (Å²) in [6.07, 6.45) is -16.3. The van der Waals surface area contributed by atoms with E-state index in [-0.39, 0.29) is 0 Å². The van der Waals surface area contributed by atoms with Crippen molar-refractivity contribution < 1.29 is 74.6 Å². The highest BCUT2D eigenvalue weighted by atomic mass is 19.4. The molecule has 0 amide bonds. The van der Waals surface area contributed by atoms with E-state index in [4.69, 9.17) is 0 Å². The Morgan fingerprint density at radius 3 is 1.19 bits per heavy atom. The first-order valence-electron chi connectivity index (χ1n) is 5.86. The molecule has 0 bridgehead atoms. The maximum atomic E-state index is 13.1. The number of alkyl halides is 16. The molecule has 0 aliphatic carbocycles. The van der Waals surface area contributed by atoms with E-state index in [1.165, 1.54) is 0 Å². The predicted molar refractivity (Wildman–Crippen MR) is 50.7 cm³/mol. The van der Waals surface area contributed by atoms with E-state index < -0.39 is 61.0 Å². The lowest BCUT2D eigenvalue weighted by molar-refractivity contribution is -0.445. The molecule has 0 N–H and O–H groups in total. The van der Waals surface area contributed by atoms with Crippen LogP contribution in [0.3, 0.4) is 0 Å². The molecule has 1 radical (unpaired) electrons. The summed E-state index contributed by atoms with van der Waals surface area (Å²) in [7, 11) is 0. The molecule has 0 aromatic rings. The number of rotatable bonds is 8. The molecule has 0 nitrogen and oxygen atoms in total. The summed E-state index contributed by atoms with van der Waals surface area (Å²) in [4.78, 5) is 0. The van der Waals surface area contributed by atoms with Crippen LogP contribution in [0, 0.1) is 6.67 Å². The summed E-state index contributed by atoms with van der Waals surface area (Å²) in [6, 6.07) is 0. The van der Waals surface area contributed by atoms with Gasteiger partial charge in [0.25, 0.3) is 5.92 Å². The van der Waals surface area contributed by atoms with Gasteiger partial charge < -0.3 is 0 Å². The number of hydrogen-bond donors (Lipinski definition) is 0. The third-order valence-electron chi connectivity index (χ3n) is 3.00. The van der Waals surface area contributed by atoms with Gasteiger partial charge in [-0.25, -0.2) is 17.6 Å². The van der Waals surface area contributed by atoms with Crippen molar-refractivity contribution in [3.63, 3.8) is 0 Å². The van der Waals surface area contributed by atoms with Crippen molar-refractivity contribution in [1.82, 2.24) is 0 Å². The van der Waals surface area contributed by atoms with Gasteiger partial charge in [0.05, 0.1) is 0 Å². The molecule has 0 aromatic carbocycles. The summed E-state index contributed by atoms with van der Waals surface area (Å²) in [6.45, 7) is -1.33. The molecule has 0 aromatic heterocycles. The minimum atomic E-state index is -8.40. The van der Waals surface area contributed by atoms with Gasteiger partial charge in [-0.3, -0.25) is 0 Å². The highest BCUT2D eigenvalue weighted by molar-refractivity contribution is 5.13. The third kappa shape index (κ3) is 3.61. The molecule has 0 saturated heterocycles. The SMILES string of the molecule is F[CH]CC(F)(F)C(F)C(F)(F)C(F)(F)C(F)(F)C(F)(F)C(F)(F)C(F)(F)F. The second-order valence-electron chi connectivity index (χ2n) is 4.90. The van der Waals surface area contributed by atoms with Crippen molar-refractivity contribution in [3.05, 3.63) is 6.67 Å². The quantitative estimate of drug-likeness (QED) is 0.388. The molecule has 17 heteroatoms. The molecule has 0 saturated carbocycles. The summed E-state index contributed by atoms with van der Waals surface area (Å²) in [5, 5.41) is 0. The Labute approximate surface area is 137 Å². The maximum absolute atomic E-state index is 13.1. The molecule has 0 spiro atoms. The van der Waals surface area contributed by atoms with Gasteiger partial charge in [-0.2, -0.15) is 57.1 Å². The van der Waals surface area contributed by atoms with Crippen LogP contribution in [-0.4, -0.2) is 47.9 Å². The summed E-state index contributed by atoms with van der Waals surface area (Å²) in [5.41, 5.74) is 0. The minimum absolute atomic E-state index is 1.33. The fourth-order valence-corrected chi connectivity index (χ4v) is 1.41. The molecular weight excluding hydrogens is 443 g/mol. The first kappa shape index (κ1) is 25.8. The standard InChI is InChI=1S/C10H4F17/c11-2-1-4(13,14)3(12)5(15,16)6(17,18)7(19,20)8(21,22)9(23,24)10(25,26)27/h2-3H,1H2. The summed E-state index contributed by atoms with van der Waals surface area (Å²) in [5.74, 6) is -46.6. The van der Waals surface area contributed by atoms with Crippen LogP contribution in [0.5, 0.6) is 0 Å². The van der Waals surface area contributed by atoms with Gasteiger partial charge in [0, 0.05) is 6.42 Å². The molecular formula is C10H4F17. The van der Waals surface area contributed by atoms with Crippen LogP contribution in [0.4, 0.5) is 74.6 Å². The Balaban J connectivity index is 6.39. The monoisotopic (exact) mass is 447 g/mol. The third-order valence-corrected chi connectivity index (χ3v) is 3.00. The fraction of sp³-hybridized carbons (Fsp3) is 0.900. The van der Waals surface area contributed by atoms with E-state index in [9.17, 15) is 74.6 Å². The molecule has 0 aliphatic heterocycles. The molecule has 27 heavy (non-hydrogen) atoms. The lowest BCUT2D eigenvalue weighted by Gasteiger charge is -2.41. The van der Waals surface area contributed by atoms with Crippen molar-refractivity contribution in [2.24, 2.45) is 0 Å². The van der Waals surface area contributed by atoms with Crippen molar-refractivity contribution >= 4 is 0 Å². The Hall–Kier alpha value is -1.19. The van der Waals surface area contributed by atoms with Crippen LogP contribution >= 0.6 is 0 Å². The molecule has 0 aliphatic rings. The summed E-state index contributed by atoms with van der Waals surface area (Å²) < 4.78 is 214. The van der Waals surface area contributed by atoms with Gasteiger partial charge in [-0.05, 0) is 0 Å². The molecule has 0 fully saturated rings. The Kier molecular flexibility index (Phi) is 6.41. The van der Waals surface area contributed by atoms with Gasteiger partial charge >= 0.3 is 35.8 Å². The van der Waals surface area contributed by atoms with Crippen LogP contribution < -0.4 is 0 Å². The second kappa shape index (κ2) is 6.70. The second-order valence-corrected chi connectivity index (χ2v) is 4.90. The largest absolute Gasteiger partial charge is 0.460 e. The van der Waals surface area contributed by atoms with E-state index in [1.54, 1.807) is 0 Å². The smallest absolute Gasteiger partial charge is 0.244 e. The van der Waals surface area contributed by atoms with E-state index in [0.717, 1.165) is 0 Å². The zero-order valence-electron chi connectivity index (χ0n) is 11.8.